The zero-order chi connectivity index (χ0) is 19.2. The molecule has 3 rings (SSSR count). The van der Waals surface area contributed by atoms with Gasteiger partial charge in [-0.15, -0.1) is 0 Å². The number of carbonyl (C=O) groups excluding carboxylic acids is 1. The summed E-state index contributed by atoms with van der Waals surface area (Å²) in [6, 6.07) is 13.6. The highest BCUT2D eigenvalue weighted by Gasteiger charge is 2.31. The Morgan fingerprint density at radius 1 is 1.22 bits per heavy atom. The number of rotatable bonds is 7. The molecule has 1 heterocycles. The van der Waals surface area contributed by atoms with Crippen LogP contribution >= 0.6 is 0 Å². The van der Waals surface area contributed by atoms with Crippen LogP contribution in [0.1, 0.15) is 30.0 Å². The third-order valence-electron chi connectivity index (χ3n) is 4.85. The number of methoxy groups -OCH3 is 1. The fraction of sp³-hybridized carbons (Fsp3) is 0.381. The first-order chi connectivity index (χ1) is 13.1. The van der Waals surface area contributed by atoms with Crippen molar-refractivity contribution in [3.63, 3.8) is 0 Å². The largest absolute Gasteiger partial charge is 0.497 e. The lowest BCUT2D eigenvalue weighted by Crippen LogP contribution is -2.38. The van der Waals surface area contributed by atoms with Crippen LogP contribution < -0.4 is 15.8 Å². The van der Waals surface area contributed by atoms with E-state index in [2.05, 4.69) is 5.32 Å². The van der Waals surface area contributed by atoms with E-state index >= 15 is 0 Å². The van der Waals surface area contributed by atoms with Gasteiger partial charge in [0.05, 0.1) is 19.3 Å². The number of hydrogen-bond donors (Lipinski definition) is 2. The summed E-state index contributed by atoms with van der Waals surface area (Å²) < 4.78 is 24.1. The monoisotopic (exact) mass is 372 g/mol. The highest BCUT2D eigenvalue weighted by molar-refractivity contribution is 5.81. The second kappa shape index (κ2) is 8.97. The fourth-order valence-corrected chi connectivity index (χ4v) is 3.28. The van der Waals surface area contributed by atoms with Crippen molar-refractivity contribution in [1.29, 1.82) is 0 Å². The predicted molar refractivity (Wildman–Crippen MR) is 101 cm³/mol. The molecule has 144 valence electrons. The lowest BCUT2D eigenvalue weighted by Gasteiger charge is -2.22. The molecule has 0 spiro atoms. The van der Waals surface area contributed by atoms with Crippen molar-refractivity contribution >= 4 is 5.91 Å². The van der Waals surface area contributed by atoms with Crippen molar-refractivity contribution < 1.29 is 18.7 Å². The zero-order valence-corrected chi connectivity index (χ0v) is 15.4. The van der Waals surface area contributed by atoms with E-state index in [9.17, 15) is 9.18 Å². The van der Waals surface area contributed by atoms with Crippen LogP contribution in [-0.4, -0.2) is 31.8 Å². The van der Waals surface area contributed by atoms with Crippen molar-refractivity contribution in [2.24, 2.45) is 5.73 Å². The van der Waals surface area contributed by atoms with Crippen molar-refractivity contribution in [2.45, 2.75) is 37.5 Å². The molecule has 0 aromatic heterocycles. The van der Waals surface area contributed by atoms with Gasteiger partial charge < -0.3 is 20.5 Å². The molecule has 2 aromatic rings. The molecule has 27 heavy (non-hydrogen) atoms. The zero-order valence-electron chi connectivity index (χ0n) is 15.4. The van der Waals surface area contributed by atoms with Gasteiger partial charge in [0.15, 0.2) is 0 Å². The van der Waals surface area contributed by atoms with Gasteiger partial charge in [0.2, 0.25) is 5.91 Å². The molecule has 1 fully saturated rings. The van der Waals surface area contributed by atoms with Gasteiger partial charge in [-0.05, 0) is 54.7 Å². The molecule has 5 nitrogen and oxygen atoms in total. The van der Waals surface area contributed by atoms with Gasteiger partial charge in [-0.1, -0.05) is 24.3 Å². The molecule has 1 aliphatic heterocycles. The van der Waals surface area contributed by atoms with E-state index < -0.39 is 6.10 Å². The lowest BCUT2D eigenvalue weighted by atomic mass is 9.98. The first-order valence-corrected chi connectivity index (χ1v) is 9.13. The van der Waals surface area contributed by atoms with Crippen LogP contribution in [0.4, 0.5) is 4.39 Å². The van der Waals surface area contributed by atoms with Crippen molar-refractivity contribution in [1.82, 2.24) is 5.32 Å². The number of benzene rings is 2. The summed E-state index contributed by atoms with van der Waals surface area (Å²) in [6.07, 6.45) is 1.47. The maximum Gasteiger partial charge on any atom is 0.249 e. The van der Waals surface area contributed by atoms with Crippen LogP contribution in [0.2, 0.25) is 0 Å². The summed E-state index contributed by atoms with van der Waals surface area (Å²) in [5.74, 6) is 0.320. The Hall–Kier alpha value is -2.44. The molecule has 6 heteroatoms. The standard InChI is InChI=1S/C21H25FN2O3/c1-26-17-8-4-15(5-9-17)19(12-14-2-6-16(22)7-3-14)24-21(25)20-11-10-18(13-23)27-20/h2-9,18-20H,10-13,23H2,1H3,(H,24,25)/t18-,19?,20+/m1/s1. The predicted octanol–water partition coefficient (Wildman–Crippen LogP) is 2.74. The minimum Gasteiger partial charge on any atom is -0.497 e. The summed E-state index contributed by atoms with van der Waals surface area (Å²) in [5, 5.41) is 3.08. The molecule has 1 unspecified atom stereocenters. The molecule has 1 aliphatic rings. The minimum atomic E-state index is -0.479. The Labute approximate surface area is 158 Å². The van der Waals surface area contributed by atoms with Crippen LogP contribution in [0.5, 0.6) is 5.75 Å². The Balaban J connectivity index is 1.76. The molecule has 3 N–H and O–H groups in total. The number of nitrogens with two attached hydrogens (primary N) is 1. The SMILES string of the molecule is COc1ccc(C(Cc2ccc(F)cc2)NC(=O)[C@@H]2CC[C@H](CN)O2)cc1. The Morgan fingerprint density at radius 3 is 2.52 bits per heavy atom. The topological polar surface area (TPSA) is 73.6 Å². The van der Waals surface area contributed by atoms with Gasteiger partial charge in [0, 0.05) is 6.54 Å². The first-order valence-electron chi connectivity index (χ1n) is 9.13. The van der Waals surface area contributed by atoms with Crippen molar-refractivity contribution in [3.05, 3.63) is 65.5 Å². The van der Waals surface area contributed by atoms with Crippen LogP contribution in [0.3, 0.4) is 0 Å². The molecule has 1 saturated heterocycles. The van der Waals surface area contributed by atoms with Gasteiger partial charge >= 0.3 is 0 Å². The molecular weight excluding hydrogens is 347 g/mol. The van der Waals surface area contributed by atoms with Crippen LogP contribution in [-0.2, 0) is 16.0 Å². The molecule has 1 amide bonds. The van der Waals surface area contributed by atoms with Gasteiger partial charge in [0.25, 0.3) is 0 Å². The number of carbonyl (C=O) groups is 1. The maximum atomic E-state index is 13.2. The number of hydrogen-bond acceptors (Lipinski definition) is 4. The van der Waals surface area contributed by atoms with E-state index in [1.807, 2.05) is 24.3 Å². The minimum absolute atomic E-state index is 0.0581. The Kier molecular flexibility index (Phi) is 6.42. The van der Waals surface area contributed by atoms with E-state index in [-0.39, 0.29) is 23.9 Å². The lowest BCUT2D eigenvalue weighted by molar-refractivity contribution is -0.132. The first kappa shape index (κ1) is 19.3. The Bertz CT molecular complexity index is 749. The molecule has 0 radical (unpaired) electrons. The van der Waals surface area contributed by atoms with E-state index in [0.717, 1.165) is 23.3 Å². The van der Waals surface area contributed by atoms with Gasteiger partial charge in [-0.3, -0.25) is 4.79 Å². The average Bonchev–Trinajstić information content (AvgIpc) is 3.18. The number of nitrogens with one attached hydrogen (secondary N) is 1. The van der Waals surface area contributed by atoms with Crippen molar-refractivity contribution in [3.8, 4) is 5.75 Å². The number of ether oxygens (including phenoxy) is 2. The molecule has 0 aliphatic carbocycles. The fourth-order valence-electron chi connectivity index (χ4n) is 3.28. The van der Waals surface area contributed by atoms with E-state index in [4.69, 9.17) is 15.2 Å². The average molecular weight is 372 g/mol. The molecule has 3 atom stereocenters. The number of amides is 1. The molecule has 0 bridgehead atoms. The van der Waals surface area contributed by atoms with Crippen molar-refractivity contribution in [2.75, 3.05) is 13.7 Å². The van der Waals surface area contributed by atoms with E-state index in [0.29, 0.717) is 19.4 Å². The molecular formula is C21H25FN2O3. The van der Waals surface area contributed by atoms with Crippen LogP contribution in [0.15, 0.2) is 48.5 Å². The highest BCUT2D eigenvalue weighted by atomic mass is 19.1. The third-order valence-corrected chi connectivity index (χ3v) is 4.85. The van der Waals surface area contributed by atoms with Crippen LogP contribution in [0, 0.1) is 5.82 Å². The normalized spacial score (nSPS) is 20.3. The van der Waals surface area contributed by atoms with Gasteiger partial charge in [-0.2, -0.15) is 0 Å². The summed E-state index contributed by atoms with van der Waals surface area (Å²) in [6.45, 7) is 0.418. The molecule has 2 aromatic carbocycles. The highest BCUT2D eigenvalue weighted by Crippen LogP contribution is 2.24. The summed E-state index contributed by atoms with van der Waals surface area (Å²) in [4.78, 5) is 12.7. The summed E-state index contributed by atoms with van der Waals surface area (Å²) in [5.41, 5.74) is 7.51. The smallest absolute Gasteiger partial charge is 0.249 e. The second-order valence-electron chi connectivity index (χ2n) is 6.72. The number of halogens is 1. The maximum absolute atomic E-state index is 13.2. The molecule has 0 saturated carbocycles. The summed E-state index contributed by atoms with van der Waals surface area (Å²) in [7, 11) is 1.61. The van der Waals surface area contributed by atoms with E-state index in [1.54, 1.807) is 19.2 Å². The second-order valence-corrected chi connectivity index (χ2v) is 6.72. The van der Waals surface area contributed by atoms with E-state index in [1.165, 1.54) is 12.1 Å². The Morgan fingerprint density at radius 2 is 1.93 bits per heavy atom. The van der Waals surface area contributed by atoms with Gasteiger partial charge in [0.1, 0.15) is 17.7 Å². The third kappa shape index (κ3) is 5.05. The van der Waals surface area contributed by atoms with Gasteiger partial charge in [-0.25, -0.2) is 4.39 Å². The quantitative estimate of drug-likeness (QED) is 0.784. The van der Waals surface area contributed by atoms with Crippen LogP contribution in [0.25, 0.3) is 0 Å². The summed E-state index contributed by atoms with van der Waals surface area (Å²) >= 11 is 0.